The molecule has 18 heavy (non-hydrogen) atoms. The zero-order chi connectivity index (χ0) is 13.4. The van der Waals surface area contributed by atoms with Crippen molar-refractivity contribution < 1.29 is 4.92 Å². The number of nitrogens with zero attached hydrogens (tertiary/aromatic N) is 3. The van der Waals surface area contributed by atoms with E-state index in [-0.39, 0.29) is 11.3 Å². The maximum atomic E-state index is 10.5. The van der Waals surface area contributed by atoms with Gasteiger partial charge in [0.2, 0.25) is 0 Å². The molecule has 0 bridgehead atoms. The molecule has 0 atom stereocenters. The van der Waals surface area contributed by atoms with Crippen LogP contribution in [0.1, 0.15) is 24.8 Å². The minimum Gasteiger partial charge on any atom is -0.369 e. The number of nitro groups is 1. The van der Waals surface area contributed by atoms with E-state index in [0.29, 0.717) is 18.8 Å². The highest BCUT2D eigenvalue weighted by Gasteiger charge is 2.11. The van der Waals surface area contributed by atoms with Gasteiger partial charge in [0.1, 0.15) is 23.6 Å². The van der Waals surface area contributed by atoms with Crippen molar-refractivity contribution in [3.05, 3.63) is 27.9 Å². The van der Waals surface area contributed by atoms with E-state index in [2.05, 4.69) is 16.2 Å². The Balaban J connectivity index is 2.64. The van der Waals surface area contributed by atoms with Crippen LogP contribution in [0.3, 0.4) is 0 Å². The van der Waals surface area contributed by atoms with Crippen molar-refractivity contribution in [2.24, 2.45) is 0 Å². The maximum Gasteiger partial charge on any atom is 0.289 e. The predicted octanol–water partition coefficient (Wildman–Crippen LogP) is 2.08. The van der Waals surface area contributed by atoms with E-state index >= 15 is 0 Å². The van der Waals surface area contributed by atoms with Crippen molar-refractivity contribution in [1.82, 2.24) is 4.98 Å². The molecule has 0 saturated heterocycles. The van der Waals surface area contributed by atoms with Crippen LogP contribution < -0.4 is 5.32 Å². The molecule has 0 aromatic carbocycles. The molecule has 92 valence electrons. The number of hydrogen-bond acceptors (Lipinski definition) is 5. The molecule has 0 fully saturated rings. The molecular formula is C12H12N4O2. The Morgan fingerprint density at radius 3 is 2.94 bits per heavy atom. The molecule has 0 radical (unpaired) electrons. The van der Waals surface area contributed by atoms with E-state index in [0.717, 1.165) is 19.0 Å². The predicted molar refractivity (Wildman–Crippen MR) is 66.8 cm³/mol. The summed E-state index contributed by atoms with van der Waals surface area (Å²) in [4.78, 5) is 13.8. The first-order chi connectivity index (χ1) is 8.69. The summed E-state index contributed by atoms with van der Waals surface area (Å²) in [7, 11) is 0. The summed E-state index contributed by atoms with van der Waals surface area (Å²) in [6.07, 6.45) is 8.70. The largest absolute Gasteiger partial charge is 0.369 e. The fraction of sp³-hybridized carbons (Fsp3) is 0.333. The molecule has 1 aromatic rings. The van der Waals surface area contributed by atoms with Gasteiger partial charge in [-0.1, -0.05) is 0 Å². The second-order valence-electron chi connectivity index (χ2n) is 3.55. The fourth-order valence-corrected chi connectivity index (χ4v) is 1.34. The Hall–Kier alpha value is -2.60. The summed E-state index contributed by atoms with van der Waals surface area (Å²) >= 11 is 0. The van der Waals surface area contributed by atoms with E-state index in [1.807, 2.05) is 6.07 Å². The molecular weight excluding hydrogens is 232 g/mol. The van der Waals surface area contributed by atoms with Gasteiger partial charge in [-0.3, -0.25) is 10.1 Å². The van der Waals surface area contributed by atoms with Gasteiger partial charge < -0.3 is 5.32 Å². The molecule has 1 N–H and O–H groups in total. The van der Waals surface area contributed by atoms with Crippen LogP contribution in [0.15, 0.2) is 12.3 Å². The number of unbranched alkanes of at least 4 members (excludes halogenated alkanes) is 2. The summed E-state index contributed by atoms with van der Waals surface area (Å²) in [5.74, 6) is 2.90. The Kier molecular flexibility index (Phi) is 5.14. The monoisotopic (exact) mass is 244 g/mol. The number of rotatable bonds is 6. The summed E-state index contributed by atoms with van der Waals surface area (Å²) in [6.45, 7) is 0.626. The number of anilines is 1. The number of aromatic nitrogens is 1. The van der Waals surface area contributed by atoms with Gasteiger partial charge in [0.05, 0.1) is 4.92 Å². The standard InChI is InChI=1S/C12H12N4O2/c1-2-3-4-5-6-14-12-10(8-13)7-11(9-15-12)16(17)18/h1,7,9H,3-6H2,(H,14,15). The van der Waals surface area contributed by atoms with Crippen LogP contribution in [0.2, 0.25) is 0 Å². The van der Waals surface area contributed by atoms with Crippen molar-refractivity contribution in [3.8, 4) is 18.4 Å². The van der Waals surface area contributed by atoms with E-state index in [1.165, 1.54) is 6.07 Å². The maximum absolute atomic E-state index is 10.5. The van der Waals surface area contributed by atoms with Crippen molar-refractivity contribution in [2.45, 2.75) is 19.3 Å². The van der Waals surface area contributed by atoms with Crippen molar-refractivity contribution >= 4 is 11.5 Å². The first kappa shape index (κ1) is 13.5. The van der Waals surface area contributed by atoms with Crippen LogP contribution in [0.5, 0.6) is 0 Å². The molecule has 1 aromatic heterocycles. The zero-order valence-corrected chi connectivity index (χ0v) is 9.72. The third-order valence-corrected chi connectivity index (χ3v) is 2.24. The minimum atomic E-state index is -0.579. The molecule has 0 amide bonds. The van der Waals surface area contributed by atoms with Gasteiger partial charge in [0.15, 0.2) is 0 Å². The lowest BCUT2D eigenvalue weighted by Gasteiger charge is -2.05. The van der Waals surface area contributed by atoms with E-state index < -0.39 is 4.92 Å². The van der Waals surface area contributed by atoms with Gasteiger partial charge >= 0.3 is 0 Å². The third-order valence-electron chi connectivity index (χ3n) is 2.24. The molecule has 0 aliphatic rings. The van der Waals surface area contributed by atoms with Gasteiger partial charge in [-0.05, 0) is 12.8 Å². The number of terminal acetylenes is 1. The molecule has 0 saturated carbocycles. The fourth-order valence-electron chi connectivity index (χ4n) is 1.34. The lowest BCUT2D eigenvalue weighted by molar-refractivity contribution is -0.385. The second kappa shape index (κ2) is 6.87. The average molecular weight is 244 g/mol. The summed E-state index contributed by atoms with van der Waals surface area (Å²) < 4.78 is 0. The molecule has 0 aliphatic heterocycles. The molecule has 0 unspecified atom stereocenters. The zero-order valence-electron chi connectivity index (χ0n) is 9.72. The van der Waals surface area contributed by atoms with E-state index in [4.69, 9.17) is 11.7 Å². The summed E-state index contributed by atoms with van der Waals surface area (Å²) in [5.41, 5.74) is -0.0226. The summed E-state index contributed by atoms with van der Waals surface area (Å²) in [6, 6.07) is 3.09. The van der Waals surface area contributed by atoms with Crippen LogP contribution in [-0.2, 0) is 0 Å². The molecule has 6 heteroatoms. The number of nitrogens with one attached hydrogen (secondary N) is 1. The highest BCUT2D eigenvalue weighted by molar-refractivity contribution is 5.55. The van der Waals surface area contributed by atoms with Gasteiger partial charge in [0, 0.05) is 19.0 Å². The van der Waals surface area contributed by atoms with Crippen LogP contribution in [-0.4, -0.2) is 16.5 Å². The first-order valence-corrected chi connectivity index (χ1v) is 5.41. The molecule has 0 aliphatic carbocycles. The molecule has 0 spiro atoms. The van der Waals surface area contributed by atoms with Crippen molar-refractivity contribution in [2.75, 3.05) is 11.9 Å². The van der Waals surface area contributed by atoms with Crippen LogP contribution in [0, 0.1) is 33.8 Å². The molecule has 1 rings (SSSR count). The van der Waals surface area contributed by atoms with E-state index in [1.54, 1.807) is 0 Å². The Labute approximate surface area is 105 Å². The lowest BCUT2D eigenvalue weighted by atomic mass is 10.2. The number of pyridine rings is 1. The molecule has 1 heterocycles. The summed E-state index contributed by atoms with van der Waals surface area (Å²) in [5, 5.41) is 22.4. The normalized spacial score (nSPS) is 9.22. The van der Waals surface area contributed by atoms with Gasteiger partial charge in [0.25, 0.3) is 5.69 Å². The van der Waals surface area contributed by atoms with Gasteiger partial charge in [-0.15, -0.1) is 12.3 Å². The SMILES string of the molecule is C#CCCCCNc1ncc([N+](=O)[O-])cc1C#N. The molecule has 6 nitrogen and oxygen atoms in total. The van der Waals surface area contributed by atoms with Gasteiger partial charge in [-0.2, -0.15) is 5.26 Å². The second-order valence-corrected chi connectivity index (χ2v) is 3.55. The van der Waals surface area contributed by atoms with Crippen LogP contribution in [0.25, 0.3) is 0 Å². The van der Waals surface area contributed by atoms with Gasteiger partial charge in [-0.25, -0.2) is 4.98 Å². The highest BCUT2D eigenvalue weighted by Crippen LogP contribution is 2.18. The van der Waals surface area contributed by atoms with Crippen LogP contribution in [0.4, 0.5) is 11.5 Å². The Morgan fingerprint density at radius 2 is 2.33 bits per heavy atom. The highest BCUT2D eigenvalue weighted by atomic mass is 16.6. The quantitative estimate of drug-likeness (QED) is 0.358. The average Bonchev–Trinajstić information content (AvgIpc) is 2.38. The topological polar surface area (TPSA) is 91.8 Å². The minimum absolute atomic E-state index is 0.168. The Morgan fingerprint density at radius 1 is 1.56 bits per heavy atom. The smallest absolute Gasteiger partial charge is 0.289 e. The first-order valence-electron chi connectivity index (χ1n) is 5.41. The number of nitriles is 1. The van der Waals surface area contributed by atoms with Crippen molar-refractivity contribution in [3.63, 3.8) is 0 Å². The number of hydrogen-bond donors (Lipinski definition) is 1. The van der Waals surface area contributed by atoms with Crippen molar-refractivity contribution in [1.29, 1.82) is 5.26 Å². The third kappa shape index (κ3) is 3.76. The lowest BCUT2D eigenvalue weighted by Crippen LogP contribution is -2.05. The van der Waals surface area contributed by atoms with E-state index in [9.17, 15) is 10.1 Å². The van der Waals surface area contributed by atoms with Crippen LogP contribution >= 0.6 is 0 Å². The Bertz CT molecular complexity index is 514.